The molecule has 0 spiro atoms. The number of hydrogen-bond donors (Lipinski definition) is 0. The Bertz CT molecular complexity index is 1160. The highest BCUT2D eigenvalue weighted by molar-refractivity contribution is 6.03. The molecule has 0 saturated carbocycles. The summed E-state index contributed by atoms with van der Waals surface area (Å²) in [6.07, 6.45) is 5.06. The maximum atomic E-state index is 13.7. The zero-order chi connectivity index (χ0) is 22.6. The highest BCUT2D eigenvalue weighted by Gasteiger charge is 2.60. The molecular weight excluding hydrogens is 403 g/mol. The molecule has 4 nitrogen and oxygen atoms in total. The molecule has 5 rings (SSSR count). The Labute approximate surface area is 188 Å². The van der Waals surface area contributed by atoms with Gasteiger partial charge >= 0.3 is 0 Å². The summed E-state index contributed by atoms with van der Waals surface area (Å²) in [6.45, 7) is 7.50. The van der Waals surface area contributed by atoms with Gasteiger partial charge in [0.2, 0.25) is 0 Å². The van der Waals surface area contributed by atoms with Crippen molar-refractivity contribution in [3.05, 3.63) is 94.3 Å². The minimum Gasteiger partial charge on any atom is -0.306 e. The zero-order valence-corrected chi connectivity index (χ0v) is 18.6. The van der Waals surface area contributed by atoms with Crippen molar-refractivity contribution >= 4 is 11.8 Å². The van der Waals surface area contributed by atoms with Crippen LogP contribution in [0.5, 0.6) is 0 Å². The molecule has 1 saturated heterocycles. The van der Waals surface area contributed by atoms with Gasteiger partial charge in [-0.05, 0) is 54.2 Å². The number of allylic oxidation sites excluding steroid dienone is 3. The average molecular weight is 431 g/mol. The van der Waals surface area contributed by atoms with Crippen LogP contribution in [-0.4, -0.2) is 34.7 Å². The second-order valence-corrected chi connectivity index (χ2v) is 9.26. The van der Waals surface area contributed by atoms with Crippen LogP contribution in [0.15, 0.2) is 71.8 Å². The molecule has 0 N–H and O–H groups in total. The van der Waals surface area contributed by atoms with Crippen molar-refractivity contribution in [2.24, 2.45) is 11.8 Å². The van der Waals surface area contributed by atoms with Gasteiger partial charge in [0.25, 0.3) is 11.8 Å². The predicted molar refractivity (Wildman–Crippen MR) is 121 cm³/mol. The highest BCUT2D eigenvalue weighted by Crippen LogP contribution is 2.53. The van der Waals surface area contributed by atoms with Crippen LogP contribution in [0.25, 0.3) is 0 Å². The lowest BCUT2D eigenvalue weighted by Crippen LogP contribution is -2.52. The van der Waals surface area contributed by atoms with Gasteiger partial charge in [0.15, 0.2) is 5.66 Å². The van der Waals surface area contributed by atoms with E-state index in [4.69, 9.17) is 0 Å². The summed E-state index contributed by atoms with van der Waals surface area (Å²) in [5.74, 6) is 0.147. The molecule has 0 bridgehead atoms. The van der Waals surface area contributed by atoms with Crippen LogP contribution in [0.1, 0.15) is 53.5 Å². The molecule has 2 aromatic rings. The maximum absolute atomic E-state index is 13.7. The number of fused-ring (bicyclic) bond motifs is 3. The van der Waals surface area contributed by atoms with Crippen molar-refractivity contribution < 1.29 is 14.0 Å². The Morgan fingerprint density at radius 2 is 1.78 bits per heavy atom. The minimum atomic E-state index is -0.938. The second kappa shape index (κ2) is 7.44. The average Bonchev–Trinajstić information content (AvgIpc) is 3.29. The summed E-state index contributed by atoms with van der Waals surface area (Å²) >= 11 is 0. The molecule has 1 fully saturated rings. The van der Waals surface area contributed by atoms with E-state index in [-0.39, 0.29) is 17.6 Å². The largest absolute Gasteiger partial charge is 0.306 e. The van der Waals surface area contributed by atoms with Gasteiger partial charge in [0.05, 0.1) is 0 Å². The molecule has 3 aliphatic rings. The van der Waals surface area contributed by atoms with Crippen molar-refractivity contribution in [2.75, 3.05) is 13.1 Å². The number of halogens is 1. The first-order chi connectivity index (χ1) is 15.4. The summed E-state index contributed by atoms with van der Waals surface area (Å²) in [5, 5.41) is 0. The number of rotatable bonds is 3. The van der Waals surface area contributed by atoms with E-state index in [1.54, 1.807) is 0 Å². The fourth-order valence-electron chi connectivity index (χ4n) is 5.74. The summed E-state index contributed by atoms with van der Waals surface area (Å²) in [6, 6.07) is 13.3. The topological polar surface area (TPSA) is 40.6 Å². The number of benzene rings is 2. The quantitative estimate of drug-likeness (QED) is 0.677. The monoisotopic (exact) mass is 430 g/mol. The van der Waals surface area contributed by atoms with Crippen molar-refractivity contribution in [1.29, 1.82) is 0 Å². The molecule has 2 aromatic carbocycles. The first kappa shape index (κ1) is 20.7. The first-order valence-corrected chi connectivity index (χ1v) is 11.3. The van der Waals surface area contributed by atoms with Crippen molar-refractivity contribution in [1.82, 2.24) is 9.80 Å². The molecule has 2 aliphatic heterocycles. The fraction of sp³-hybridized carbons (Fsp3) is 0.333. The number of carbonyl (C=O) groups is 2. The standard InChI is InChI=1S/C27H27FN2O2/c1-17(2)22-13-10-20(16-18(22)3)27-24-7-5-4-6-23(24)26(32)30(27)15-14-29(27)25(31)19-8-11-21(28)12-9-19/h4-13,17-18H,14-16H2,1-3H3. The zero-order valence-electron chi connectivity index (χ0n) is 18.6. The number of amides is 2. The molecule has 2 atom stereocenters. The second-order valence-electron chi connectivity index (χ2n) is 9.26. The van der Waals surface area contributed by atoms with Crippen LogP contribution in [0.2, 0.25) is 0 Å². The molecule has 2 unspecified atom stereocenters. The number of hydrogen-bond acceptors (Lipinski definition) is 2. The first-order valence-electron chi connectivity index (χ1n) is 11.3. The number of nitrogens with zero attached hydrogens (tertiary/aromatic N) is 2. The van der Waals surface area contributed by atoms with E-state index in [0.29, 0.717) is 36.1 Å². The third-order valence-corrected chi connectivity index (χ3v) is 7.13. The Morgan fingerprint density at radius 3 is 2.47 bits per heavy atom. The lowest BCUT2D eigenvalue weighted by molar-refractivity contribution is 0.0342. The van der Waals surface area contributed by atoms with Gasteiger partial charge in [-0.2, -0.15) is 0 Å². The van der Waals surface area contributed by atoms with E-state index < -0.39 is 5.66 Å². The van der Waals surface area contributed by atoms with Gasteiger partial charge in [-0.25, -0.2) is 4.39 Å². The van der Waals surface area contributed by atoms with E-state index in [2.05, 4.69) is 32.9 Å². The lowest BCUT2D eigenvalue weighted by Gasteiger charge is -2.44. The van der Waals surface area contributed by atoms with Crippen LogP contribution in [0, 0.1) is 17.7 Å². The van der Waals surface area contributed by atoms with Gasteiger partial charge in [0.1, 0.15) is 5.82 Å². The van der Waals surface area contributed by atoms with Crippen molar-refractivity contribution in [3.8, 4) is 0 Å². The highest BCUT2D eigenvalue weighted by atomic mass is 19.1. The Morgan fingerprint density at radius 1 is 1.06 bits per heavy atom. The molecular formula is C27H27FN2O2. The fourth-order valence-corrected chi connectivity index (χ4v) is 5.74. The normalized spacial score (nSPS) is 24.4. The van der Waals surface area contributed by atoms with E-state index in [9.17, 15) is 14.0 Å². The van der Waals surface area contributed by atoms with E-state index in [1.165, 1.54) is 29.8 Å². The van der Waals surface area contributed by atoms with Gasteiger partial charge < -0.3 is 9.80 Å². The SMILES string of the molecule is CC(C)C1=CC=C(C23c4ccccc4C(=O)N2CCN3C(=O)c2ccc(F)cc2)CC1C. The van der Waals surface area contributed by atoms with Crippen LogP contribution >= 0.6 is 0 Å². The minimum absolute atomic E-state index is 0.0396. The molecule has 164 valence electrons. The number of carbonyl (C=O) groups excluding carboxylic acids is 2. The Hall–Kier alpha value is -3.21. The Balaban J connectivity index is 1.70. The van der Waals surface area contributed by atoms with Gasteiger partial charge in [-0.3, -0.25) is 9.59 Å². The van der Waals surface area contributed by atoms with Crippen LogP contribution in [0.4, 0.5) is 4.39 Å². The molecule has 2 amide bonds. The molecule has 2 heterocycles. The third kappa shape index (κ3) is 2.80. The van der Waals surface area contributed by atoms with Crippen LogP contribution in [-0.2, 0) is 5.66 Å². The van der Waals surface area contributed by atoms with E-state index in [1.807, 2.05) is 34.1 Å². The van der Waals surface area contributed by atoms with E-state index >= 15 is 0 Å². The molecule has 32 heavy (non-hydrogen) atoms. The van der Waals surface area contributed by atoms with Gasteiger partial charge in [0, 0.05) is 29.8 Å². The van der Waals surface area contributed by atoms with Gasteiger partial charge in [-0.1, -0.05) is 56.7 Å². The maximum Gasteiger partial charge on any atom is 0.256 e. The predicted octanol–water partition coefficient (Wildman–Crippen LogP) is 5.14. The van der Waals surface area contributed by atoms with E-state index in [0.717, 1.165) is 17.6 Å². The lowest BCUT2D eigenvalue weighted by atomic mass is 9.76. The Kier molecular flexibility index (Phi) is 4.81. The van der Waals surface area contributed by atoms with Crippen LogP contribution < -0.4 is 0 Å². The molecule has 5 heteroatoms. The molecule has 0 aromatic heterocycles. The smallest absolute Gasteiger partial charge is 0.256 e. The molecule has 0 radical (unpaired) electrons. The molecule has 1 aliphatic carbocycles. The van der Waals surface area contributed by atoms with Crippen molar-refractivity contribution in [3.63, 3.8) is 0 Å². The summed E-state index contributed by atoms with van der Waals surface area (Å²) in [5.41, 5.74) is 3.43. The van der Waals surface area contributed by atoms with Crippen LogP contribution in [0.3, 0.4) is 0 Å². The van der Waals surface area contributed by atoms with Gasteiger partial charge in [-0.15, -0.1) is 0 Å². The third-order valence-electron chi connectivity index (χ3n) is 7.13. The summed E-state index contributed by atoms with van der Waals surface area (Å²) < 4.78 is 13.5. The van der Waals surface area contributed by atoms with Crippen molar-refractivity contribution in [2.45, 2.75) is 32.9 Å². The summed E-state index contributed by atoms with van der Waals surface area (Å²) in [4.78, 5) is 30.8. The summed E-state index contributed by atoms with van der Waals surface area (Å²) in [7, 11) is 0.